The second kappa shape index (κ2) is 7.33. The number of nitrogens with zero attached hydrogens (tertiary/aromatic N) is 2. The molecule has 0 aromatic heterocycles. The molecule has 1 rings (SSSR count). The van der Waals surface area contributed by atoms with Gasteiger partial charge in [0.15, 0.2) is 0 Å². The van der Waals surface area contributed by atoms with Crippen molar-refractivity contribution < 1.29 is 14.7 Å². The molecule has 1 atom stereocenters. The van der Waals surface area contributed by atoms with E-state index in [4.69, 9.17) is 5.11 Å². The van der Waals surface area contributed by atoms with Gasteiger partial charge in [0.2, 0.25) is 0 Å². The van der Waals surface area contributed by atoms with Crippen LogP contribution in [0.5, 0.6) is 0 Å². The van der Waals surface area contributed by atoms with Crippen molar-refractivity contribution in [2.75, 3.05) is 33.7 Å². The number of hydrogen-bond acceptors (Lipinski definition) is 3. The highest BCUT2D eigenvalue weighted by Gasteiger charge is 2.23. The fourth-order valence-corrected chi connectivity index (χ4v) is 2.19. The molecule has 0 aromatic carbocycles. The van der Waals surface area contributed by atoms with E-state index in [1.807, 2.05) is 7.05 Å². The van der Waals surface area contributed by atoms with Crippen LogP contribution < -0.4 is 5.32 Å². The highest BCUT2D eigenvalue weighted by Crippen LogP contribution is 2.14. The first-order valence-corrected chi connectivity index (χ1v) is 6.83. The Morgan fingerprint density at radius 3 is 2.53 bits per heavy atom. The normalized spacial score (nSPS) is 18.9. The molecule has 1 heterocycles. The number of likely N-dealkylation sites (tertiary alicyclic amines) is 1. The monoisotopic (exact) mass is 271 g/mol. The summed E-state index contributed by atoms with van der Waals surface area (Å²) >= 11 is 0. The van der Waals surface area contributed by atoms with Crippen molar-refractivity contribution in [1.29, 1.82) is 0 Å². The molecule has 1 aliphatic rings. The van der Waals surface area contributed by atoms with E-state index in [9.17, 15) is 9.59 Å². The lowest BCUT2D eigenvalue weighted by molar-refractivity contribution is -0.141. The number of carbonyl (C=O) groups is 2. The van der Waals surface area contributed by atoms with Crippen molar-refractivity contribution in [1.82, 2.24) is 15.1 Å². The average molecular weight is 271 g/mol. The summed E-state index contributed by atoms with van der Waals surface area (Å²) in [4.78, 5) is 26.6. The molecule has 1 saturated heterocycles. The van der Waals surface area contributed by atoms with Crippen LogP contribution in [0.25, 0.3) is 0 Å². The van der Waals surface area contributed by atoms with Crippen molar-refractivity contribution in [3.05, 3.63) is 0 Å². The van der Waals surface area contributed by atoms with Gasteiger partial charge in [-0.05, 0) is 39.4 Å². The second-order valence-corrected chi connectivity index (χ2v) is 5.41. The summed E-state index contributed by atoms with van der Waals surface area (Å²) in [5, 5.41) is 11.5. The minimum Gasteiger partial charge on any atom is -0.481 e. The molecule has 0 radical (unpaired) electrons. The van der Waals surface area contributed by atoms with E-state index in [0.29, 0.717) is 13.0 Å². The number of urea groups is 1. The quantitative estimate of drug-likeness (QED) is 0.777. The smallest absolute Gasteiger partial charge is 0.317 e. The van der Waals surface area contributed by atoms with E-state index in [-0.39, 0.29) is 12.1 Å². The standard InChI is InChI=1S/C13H25N3O3/c1-10(12(17)18)4-7-14-13(19)16(3)11-5-8-15(2)9-6-11/h10-11H,4-9H2,1-3H3,(H,14,19)(H,17,18). The number of amides is 2. The van der Waals surface area contributed by atoms with E-state index in [2.05, 4.69) is 17.3 Å². The largest absolute Gasteiger partial charge is 0.481 e. The Morgan fingerprint density at radius 2 is 2.00 bits per heavy atom. The summed E-state index contributed by atoms with van der Waals surface area (Å²) in [6, 6.07) is 0.181. The third kappa shape index (κ3) is 5.06. The van der Waals surface area contributed by atoms with Crippen molar-refractivity contribution in [3.8, 4) is 0 Å². The Balaban J connectivity index is 2.27. The number of piperidine rings is 1. The predicted octanol–water partition coefficient (Wildman–Crippen LogP) is 0.833. The summed E-state index contributed by atoms with van der Waals surface area (Å²) < 4.78 is 0. The van der Waals surface area contributed by atoms with E-state index in [0.717, 1.165) is 25.9 Å². The average Bonchev–Trinajstić information content (AvgIpc) is 2.38. The zero-order valence-electron chi connectivity index (χ0n) is 12.1. The molecule has 19 heavy (non-hydrogen) atoms. The van der Waals surface area contributed by atoms with Crippen LogP contribution in [-0.4, -0.2) is 66.7 Å². The first-order valence-electron chi connectivity index (χ1n) is 6.83. The van der Waals surface area contributed by atoms with E-state index >= 15 is 0 Å². The molecule has 1 aliphatic heterocycles. The lowest BCUT2D eigenvalue weighted by Gasteiger charge is -2.35. The van der Waals surface area contributed by atoms with Gasteiger partial charge >= 0.3 is 12.0 Å². The van der Waals surface area contributed by atoms with Crippen LogP contribution in [0.2, 0.25) is 0 Å². The molecule has 6 nitrogen and oxygen atoms in total. The number of carboxylic acids is 1. The van der Waals surface area contributed by atoms with Gasteiger partial charge in [0.25, 0.3) is 0 Å². The highest BCUT2D eigenvalue weighted by molar-refractivity contribution is 5.74. The van der Waals surface area contributed by atoms with Crippen LogP contribution in [0.3, 0.4) is 0 Å². The third-order valence-electron chi connectivity index (χ3n) is 3.83. The summed E-state index contributed by atoms with van der Waals surface area (Å²) in [6.07, 6.45) is 2.44. The first-order chi connectivity index (χ1) is 8.91. The molecule has 0 saturated carbocycles. The predicted molar refractivity (Wildman–Crippen MR) is 73.1 cm³/mol. The molecule has 0 spiro atoms. The molecule has 6 heteroatoms. The fourth-order valence-electron chi connectivity index (χ4n) is 2.19. The van der Waals surface area contributed by atoms with Crippen molar-refractivity contribution in [2.24, 2.45) is 5.92 Å². The number of hydrogen-bond donors (Lipinski definition) is 2. The first kappa shape index (κ1) is 15.8. The summed E-state index contributed by atoms with van der Waals surface area (Å²) in [6.45, 7) is 4.08. The Hall–Kier alpha value is -1.30. The molecule has 2 N–H and O–H groups in total. The zero-order valence-corrected chi connectivity index (χ0v) is 12.1. The Morgan fingerprint density at radius 1 is 1.42 bits per heavy atom. The van der Waals surface area contributed by atoms with Gasteiger partial charge in [0.05, 0.1) is 5.92 Å². The molecule has 0 bridgehead atoms. The Labute approximate surface area is 114 Å². The maximum atomic E-state index is 11.9. The van der Waals surface area contributed by atoms with Crippen LogP contribution in [0, 0.1) is 5.92 Å². The van der Waals surface area contributed by atoms with Gasteiger partial charge < -0.3 is 20.2 Å². The molecule has 110 valence electrons. The number of rotatable bonds is 5. The van der Waals surface area contributed by atoms with Gasteiger partial charge in [-0.2, -0.15) is 0 Å². The van der Waals surface area contributed by atoms with Gasteiger partial charge in [-0.15, -0.1) is 0 Å². The van der Waals surface area contributed by atoms with Gasteiger partial charge in [0, 0.05) is 19.6 Å². The van der Waals surface area contributed by atoms with Gasteiger partial charge in [0.1, 0.15) is 0 Å². The van der Waals surface area contributed by atoms with Crippen molar-refractivity contribution >= 4 is 12.0 Å². The van der Waals surface area contributed by atoms with Crippen LogP contribution >= 0.6 is 0 Å². The number of carboxylic acid groups (broad SMARTS) is 1. The zero-order chi connectivity index (χ0) is 14.4. The molecular weight excluding hydrogens is 246 g/mol. The van der Waals surface area contributed by atoms with E-state index < -0.39 is 11.9 Å². The highest BCUT2D eigenvalue weighted by atomic mass is 16.4. The van der Waals surface area contributed by atoms with Gasteiger partial charge in [-0.25, -0.2) is 4.79 Å². The molecule has 0 aromatic rings. The molecular formula is C13H25N3O3. The van der Waals surface area contributed by atoms with Crippen LogP contribution in [0.4, 0.5) is 4.79 Å². The summed E-state index contributed by atoms with van der Waals surface area (Å²) in [5.74, 6) is -1.24. The van der Waals surface area contributed by atoms with Crippen LogP contribution in [-0.2, 0) is 4.79 Å². The Kier molecular flexibility index (Phi) is 6.08. The van der Waals surface area contributed by atoms with Crippen molar-refractivity contribution in [2.45, 2.75) is 32.2 Å². The number of nitrogens with one attached hydrogen (secondary N) is 1. The van der Waals surface area contributed by atoms with E-state index in [1.165, 1.54) is 0 Å². The maximum absolute atomic E-state index is 11.9. The van der Waals surface area contributed by atoms with Crippen LogP contribution in [0.1, 0.15) is 26.2 Å². The molecule has 1 unspecified atom stereocenters. The number of carbonyl (C=O) groups excluding carboxylic acids is 1. The van der Waals surface area contributed by atoms with Gasteiger partial charge in [-0.1, -0.05) is 6.92 Å². The second-order valence-electron chi connectivity index (χ2n) is 5.41. The minimum absolute atomic E-state index is 0.104. The van der Waals surface area contributed by atoms with E-state index in [1.54, 1.807) is 11.8 Å². The molecule has 2 amide bonds. The maximum Gasteiger partial charge on any atom is 0.317 e. The summed E-state index contributed by atoms with van der Waals surface area (Å²) in [7, 11) is 3.90. The summed E-state index contributed by atoms with van der Waals surface area (Å²) in [5.41, 5.74) is 0. The van der Waals surface area contributed by atoms with Crippen LogP contribution in [0.15, 0.2) is 0 Å². The topological polar surface area (TPSA) is 72.9 Å². The molecule has 1 fully saturated rings. The lowest BCUT2D eigenvalue weighted by Crippen LogP contribution is -2.48. The third-order valence-corrected chi connectivity index (χ3v) is 3.83. The lowest BCUT2D eigenvalue weighted by atomic mass is 10.0. The fraction of sp³-hybridized carbons (Fsp3) is 0.846. The minimum atomic E-state index is -0.821. The van der Waals surface area contributed by atoms with Crippen molar-refractivity contribution in [3.63, 3.8) is 0 Å². The molecule has 0 aliphatic carbocycles. The SMILES string of the molecule is CC(CCNC(=O)N(C)C1CCN(C)CC1)C(=O)O. The Bertz CT molecular complexity index is 314. The van der Waals surface area contributed by atoms with Gasteiger partial charge in [-0.3, -0.25) is 4.79 Å². The number of aliphatic carboxylic acids is 1.